The van der Waals surface area contributed by atoms with Crippen LogP contribution in [0.3, 0.4) is 0 Å². The van der Waals surface area contributed by atoms with Gasteiger partial charge in [-0.1, -0.05) is 45.8 Å². The first-order valence-electron chi connectivity index (χ1n) is 5.70. The van der Waals surface area contributed by atoms with Crippen molar-refractivity contribution in [3.8, 4) is 0 Å². The molecular formula is C15H16BrN. The lowest BCUT2D eigenvalue weighted by atomic mass is 10.1. The van der Waals surface area contributed by atoms with Crippen molar-refractivity contribution in [1.29, 1.82) is 0 Å². The average molecular weight is 290 g/mol. The Kier molecular flexibility index (Phi) is 3.85. The molecule has 0 saturated carbocycles. The van der Waals surface area contributed by atoms with E-state index in [4.69, 9.17) is 0 Å². The highest BCUT2D eigenvalue weighted by Gasteiger charge is 1.97. The molecule has 0 fully saturated rings. The van der Waals surface area contributed by atoms with Crippen LogP contribution in [0, 0.1) is 13.8 Å². The predicted octanol–water partition coefficient (Wildman–Crippen LogP) is 4.68. The average Bonchev–Trinajstić information content (AvgIpc) is 2.25. The van der Waals surface area contributed by atoms with Gasteiger partial charge >= 0.3 is 0 Å². The lowest BCUT2D eigenvalue weighted by Crippen LogP contribution is -1.99. The van der Waals surface area contributed by atoms with Gasteiger partial charge in [-0.25, -0.2) is 0 Å². The first-order valence-corrected chi connectivity index (χ1v) is 6.49. The molecule has 2 rings (SSSR count). The molecule has 2 aromatic carbocycles. The van der Waals surface area contributed by atoms with Crippen molar-refractivity contribution in [3.05, 3.63) is 63.6 Å². The quantitative estimate of drug-likeness (QED) is 0.865. The van der Waals surface area contributed by atoms with Crippen LogP contribution < -0.4 is 5.32 Å². The highest BCUT2D eigenvalue weighted by atomic mass is 79.9. The van der Waals surface area contributed by atoms with Crippen LogP contribution in [0.2, 0.25) is 0 Å². The van der Waals surface area contributed by atoms with Crippen LogP contribution in [-0.2, 0) is 6.54 Å². The molecule has 0 unspecified atom stereocenters. The van der Waals surface area contributed by atoms with Gasteiger partial charge in [-0.05, 0) is 43.2 Å². The van der Waals surface area contributed by atoms with Crippen molar-refractivity contribution < 1.29 is 0 Å². The summed E-state index contributed by atoms with van der Waals surface area (Å²) in [5.74, 6) is 0. The Morgan fingerprint density at radius 3 is 2.53 bits per heavy atom. The Hall–Kier alpha value is -1.28. The normalized spacial score (nSPS) is 10.3. The minimum atomic E-state index is 0.859. The summed E-state index contributed by atoms with van der Waals surface area (Å²) in [5, 5.41) is 3.44. The summed E-state index contributed by atoms with van der Waals surface area (Å²) in [6.07, 6.45) is 0. The van der Waals surface area contributed by atoms with E-state index in [1.165, 1.54) is 16.7 Å². The molecule has 0 saturated heterocycles. The Labute approximate surface area is 111 Å². The molecule has 0 radical (unpaired) electrons. The van der Waals surface area contributed by atoms with Gasteiger partial charge < -0.3 is 5.32 Å². The molecule has 0 bridgehead atoms. The van der Waals surface area contributed by atoms with Crippen molar-refractivity contribution in [2.24, 2.45) is 0 Å². The summed E-state index contributed by atoms with van der Waals surface area (Å²) in [6.45, 7) is 5.08. The van der Waals surface area contributed by atoms with Gasteiger partial charge in [-0.2, -0.15) is 0 Å². The summed E-state index contributed by atoms with van der Waals surface area (Å²) in [4.78, 5) is 0. The number of hydrogen-bond acceptors (Lipinski definition) is 1. The molecule has 0 atom stereocenters. The third-order valence-corrected chi connectivity index (χ3v) is 3.08. The van der Waals surface area contributed by atoms with E-state index in [2.05, 4.69) is 77.6 Å². The summed E-state index contributed by atoms with van der Waals surface area (Å²) >= 11 is 3.51. The third-order valence-electron chi connectivity index (χ3n) is 2.62. The van der Waals surface area contributed by atoms with Crippen molar-refractivity contribution in [2.75, 3.05) is 5.32 Å². The van der Waals surface area contributed by atoms with Gasteiger partial charge in [0.15, 0.2) is 0 Å². The highest BCUT2D eigenvalue weighted by Crippen LogP contribution is 2.19. The Morgan fingerprint density at radius 1 is 1.00 bits per heavy atom. The van der Waals surface area contributed by atoms with Gasteiger partial charge in [0, 0.05) is 16.7 Å². The monoisotopic (exact) mass is 289 g/mol. The Morgan fingerprint density at radius 2 is 1.82 bits per heavy atom. The molecule has 2 aromatic rings. The molecule has 0 heterocycles. The first kappa shape index (κ1) is 12.2. The Balaban J connectivity index is 2.07. The van der Waals surface area contributed by atoms with E-state index in [0.29, 0.717) is 0 Å². The third kappa shape index (κ3) is 3.60. The summed E-state index contributed by atoms with van der Waals surface area (Å²) < 4.78 is 1.12. The standard InChI is InChI=1S/C15H16BrN/c1-11-4-3-5-13(6-11)10-17-15-8-12(2)7-14(16)9-15/h3-9,17H,10H2,1-2H3. The van der Waals surface area contributed by atoms with Gasteiger partial charge in [0.1, 0.15) is 0 Å². The fourth-order valence-electron chi connectivity index (χ4n) is 1.86. The second-order valence-corrected chi connectivity index (χ2v) is 5.28. The van der Waals surface area contributed by atoms with Crippen LogP contribution in [0.4, 0.5) is 5.69 Å². The van der Waals surface area contributed by atoms with Crippen molar-refractivity contribution in [2.45, 2.75) is 20.4 Å². The second-order valence-electron chi connectivity index (χ2n) is 4.36. The smallest absolute Gasteiger partial charge is 0.0400 e. The number of anilines is 1. The zero-order valence-electron chi connectivity index (χ0n) is 10.1. The Bertz CT molecular complexity index is 500. The number of nitrogens with one attached hydrogen (secondary N) is 1. The number of halogens is 1. The zero-order chi connectivity index (χ0) is 12.3. The molecular weight excluding hydrogens is 274 g/mol. The molecule has 0 spiro atoms. The molecule has 1 N–H and O–H groups in total. The number of aryl methyl sites for hydroxylation is 2. The maximum atomic E-state index is 3.51. The highest BCUT2D eigenvalue weighted by molar-refractivity contribution is 9.10. The van der Waals surface area contributed by atoms with Gasteiger partial charge in [0.05, 0.1) is 0 Å². The molecule has 88 valence electrons. The number of benzene rings is 2. The minimum absolute atomic E-state index is 0.859. The van der Waals surface area contributed by atoms with Gasteiger partial charge in [-0.3, -0.25) is 0 Å². The first-order chi connectivity index (χ1) is 8.13. The maximum Gasteiger partial charge on any atom is 0.0400 e. The van der Waals surface area contributed by atoms with E-state index in [-0.39, 0.29) is 0 Å². The van der Waals surface area contributed by atoms with Crippen molar-refractivity contribution in [1.82, 2.24) is 0 Å². The van der Waals surface area contributed by atoms with Crippen LogP contribution in [0.5, 0.6) is 0 Å². The van der Waals surface area contributed by atoms with E-state index in [1.807, 2.05) is 0 Å². The van der Waals surface area contributed by atoms with E-state index in [1.54, 1.807) is 0 Å². The van der Waals surface area contributed by atoms with Crippen LogP contribution in [0.1, 0.15) is 16.7 Å². The van der Waals surface area contributed by atoms with E-state index in [9.17, 15) is 0 Å². The van der Waals surface area contributed by atoms with E-state index in [0.717, 1.165) is 16.7 Å². The van der Waals surface area contributed by atoms with E-state index < -0.39 is 0 Å². The lowest BCUT2D eigenvalue weighted by Gasteiger charge is -2.08. The largest absolute Gasteiger partial charge is 0.381 e. The molecule has 0 aliphatic rings. The number of rotatable bonds is 3. The summed E-state index contributed by atoms with van der Waals surface area (Å²) in [5.41, 5.74) is 5.02. The lowest BCUT2D eigenvalue weighted by molar-refractivity contribution is 1.14. The van der Waals surface area contributed by atoms with Crippen molar-refractivity contribution >= 4 is 21.6 Å². The predicted molar refractivity (Wildman–Crippen MR) is 77.4 cm³/mol. The molecule has 1 nitrogen and oxygen atoms in total. The summed E-state index contributed by atoms with van der Waals surface area (Å²) in [7, 11) is 0. The SMILES string of the molecule is Cc1cccc(CNc2cc(C)cc(Br)c2)c1. The summed E-state index contributed by atoms with van der Waals surface area (Å²) in [6, 6.07) is 14.9. The topological polar surface area (TPSA) is 12.0 Å². The molecule has 0 amide bonds. The molecule has 2 heteroatoms. The van der Waals surface area contributed by atoms with Gasteiger partial charge in [0.25, 0.3) is 0 Å². The molecule has 0 aromatic heterocycles. The van der Waals surface area contributed by atoms with Crippen LogP contribution in [0.15, 0.2) is 46.9 Å². The van der Waals surface area contributed by atoms with Crippen molar-refractivity contribution in [3.63, 3.8) is 0 Å². The van der Waals surface area contributed by atoms with Crippen LogP contribution in [-0.4, -0.2) is 0 Å². The van der Waals surface area contributed by atoms with Crippen LogP contribution in [0.25, 0.3) is 0 Å². The maximum absolute atomic E-state index is 3.51. The van der Waals surface area contributed by atoms with Gasteiger partial charge in [-0.15, -0.1) is 0 Å². The molecule has 0 aliphatic carbocycles. The van der Waals surface area contributed by atoms with Gasteiger partial charge in [0.2, 0.25) is 0 Å². The second kappa shape index (κ2) is 5.37. The fraction of sp³-hybridized carbons (Fsp3) is 0.200. The fourth-order valence-corrected chi connectivity index (χ4v) is 2.47. The number of hydrogen-bond donors (Lipinski definition) is 1. The van der Waals surface area contributed by atoms with E-state index >= 15 is 0 Å². The molecule has 0 aliphatic heterocycles. The zero-order valence-corrected chi connectivity index (χ0v) is 11.7. The molecule has 17 heavy (non-hydrogen) atoms. The minimum Gasteiger partial charge on any atom is -0.381 e. The van der Waals surface area contributed by atoms with Crippen LogP contribution >= 0.6 is 15.9 Å².